The van der Waals surface area contributed by atoms with Crippen molar-refractivity contribution in [3.05, 3.63) is 35.9 Å². The molecule has 1 aliphatic heterocycles. The minimum absolute atomic E-state index is 0.299. The minimum atomic E-state index is -1.62. The van der Waals surface area contributed by atoms with Crippen LogP contribution in [0.1, 0.15) is 39.7 Å². The highest BCUT2D eigenvalue weighted by Gasteiger charge is 2.47. The molecule has 0 aromatic heterocycles. The van der Waals surface area contributed by atoms with Gasteiger partial charge < -0.3 is 4.43 Å². The number of nitrogens with zero attached hydrogens (tertiary/aromatic N) is 1. The molecule has 2 rings (SSSR count). The maximum absolute atomic E-state index is 6.42. The summed E-state index contributed by atoms with van der Waals surface area (Å²) in [5, 5.41) is 0.299. The van der Waals surface area contributed by atoms with Gasteiger partial charge in [-0.05, 0) is 30.1 Å². The van der Waals surface area contributed by atoms with Crippen LogP contribution in [0.4, 0.5) is 0 Å². The van der Waals surface area contributed by atoms with E-state index in [9.17, 15) is 0 Å². The van der Waals surface area contributed by atoms with E-state index in [1.165, 1.54) is 12.0 Å². The fraction of sp³-hybridized carbons (Fsp3) is 0.667. The van der Waals surface area contributed by atoms with E-state index in [2.05, 4.69) is 76.0 Å². The molecule has 0 spiro atoms. The van der Waals surface area contributed by atoms with Crippen LogP contribution in [-0.2, 0) is 11.0 Å². The van der Waals surface area contributed by atoms with Gasteiger partial charge in [0.05, 0.1) is 6.61 Å². The standard InChI is InChI=1S/C18H31NOSi/c1-7-16-17(14-20-21(5,6)18(2,3)4)19(16)13-15-11-9-8-10-12-15/h8-12,16-17H,7,13-14H2,1-6H3/t16-,17+,19?/m0/s1. The third-order valence-corrected chi connectivity index (χ3v) is 9.75. The van der Waals surface area contributed by atoms with Gasteiger partial charge in [0.2, 0.25) is 0 Å². The van der Waals surface area contributed by atoms with Crippen LogP contribution in [0.5, 0.6) is 0 Å². The van der Waals surface area contributed by atoms with E-state index in [-0.39, 0.29) is 0 Å². The lowest BCUT2D eigenvalue weighted by Gasteiger charge is -2.36. The average Bonchev–Trinajstić information content (AvgIpc) is 3.08. The molecule has 0 bridgehead atoms. The van der Waals surface area contributed by atoms with Gasteiger partial charge in [-0.15, -0.1) is 0 Å². The van der Waals surface area contributed by atoms with Crippen LogP contribution >= 0.6 is 0 Å². The molecule has 0 saturated carbocycles. The van der Waals surface area contributed by atoms with E-state index in [4.69, 9.17) is 4.43 Å². The van der Waals surface area contributed by atoms with E-state index in [0.29, 0.717) is 17.1 Å². The molecule has 0 radical (unpaired) electrons. The summed E-state index contributed by atoms with van der Waals surface area (Å²) in [6.07, 6.45) is 1.22. The predicted molar refractivity (Wildman–Crippen MR) is 93.0 cm³/mol. The Morgan fingerprint density at radius 2 is 1.71 bits per heavy atom. The molecule has 1 unspecified atom stereocenters. The number of hydrogen-bond donors (Lipinski definition) is 0. The van der Waals surface area contributed by atoms with Gasteiger partial charge in [-0.1, -0.05) is 58.0 Å². The van der Waals surface area contributed by atoms with Crippen molar-refractivity contribution in [2.75, 3.05) is 6.61 Å². The molecule has 1 fully saturated rings. The highest BCUT2D eigenvalue weighted by molar-refractivity contribution is 6.74. The topological polar surface area (TPSA) is 12.2 Å². The average molecular weight is 306 g/mol. The van der Waals surface area contributed by atoms with E-state index in [1.807, 2.05) is 0 Å². The molecule has 21 heavy (non-hydrogen) atoms. The van der Waals surface area contributed by atoms with Gasteiger partial charge in [0.1, 0.15) is 0 Å². The third-order valence-electron chi connectivity index (χ3n) is 5.25. The quantitative estimate of drug-likeness (QED) is 0.559. The molecular weight excluding hydrogens is 274 g/mol. The van der Waals surface area contributed by atoms with Crippen LogP contribution in [0.3, 0.4) is 0 Å². The Morgan fingerprint density at radius 1 is 1.10 bits per heavy atom. The summed E-state index contributed by atoms with van der Waals surface area (Å²) in [4.78, 5) is 2.59. The molecule has 3 heteroatoms. The van der Waals surface area contributed by atoms with Gasteiger partial charge >= 0.3 is 0 Å². The molecule has 1 saturated heterocycles. The Labute approximate surface area is 131 Å². The minimum Gasteiger partial charge on any atom is -0.415 e. The summed E-state index contributed by atoms with van der Waals surface area (Å²) in [6.45, 7) is 15.9. The maximum atomic E-state index is 6.42. The van der Waals surface area contributed by atoms with Crippen molar-refractivity contribution in [3.63, 3.8) is 0 Å². The Bertz CT molecular complexity index is 452. The summed E-state index contributed by atoms with van der Waals surface area (Å²) in [7, 11) is -1.62. The Balaban J connectivity index is 1.89. The molecular formula is C18H31NOSi. The molecule has 0 aliphatic carbocycles. The Kier molecular flexibility index (Phi) is 4.96. The first kappa shape index (κ1) is 16.7. The lowest BCUT2D eigenvalue weighted by atomic mass is 10.2. The van der Waals surface area contributed by atoms with Crippen molar-refractivity contribution >= 4 is 8.32 Å². The second-order valence-corrected chi connectivity index (χ2v) is 12.6. The van der Waals surface area contributed by atoms with E-state index < -0.39 is 8.32 Å². The molecule has 118 valence electrons. The molecule has 1 aliphatic rings. The number of benzene rings is 1. The van der Waals surface area contributed by atoms with Gasteiger partial charge in [-0.2, -0.15) is 0 Å². The first-order valence-corrected chi connectivity index (χ1v) is 11.1. The molecule has 2 nitrogen and oxygen atoms in total. The summed E-state index contributed by atoms with van der Waals surface area (Å²) < 4.78 is 6.42. The predicted octanol–water partition coefficient (Wildman–Crippen LogP) is 4.67. The van der Waals surface area contributed by atoms with Crippen molar-refractivity contribution < 1.29 is 4.43 Å². The van der Waals surface area contributed by atoms with E-state index in [0.717, 1.165) is 13.2 Å². The van der Waals surface area contributed by atoms with Crippen LogP contribution in [-0.4, -0.2) is 31.9 Å². The highest BCUT2D eigenvalue weighted by Crippen LogP contribution is 2.39. The largest absolute Gasteiger partial charge is 0.415 e. The van der Waals surface area contributed by atoms with Gasteiger partial charge in [-0.3, -0.25) is 4.90 Å². The van der Waals surface area contributed by atoms with Crippen molar-refractivity contribution in [2.24, 2.45) is 0 Å². The van der Waals surface area contributed by atoms with Gasteiger partial charge in [0.15, 0.2) is 8.32 Å². The summed E-state index contributed by atoms with van der Waals surface area (Å²) in [5.41, 5.74) is 1.41. The first-order valence-electron chi connectivity index (χ1n) is 8.20. The van der Waals surface area contributed by atoms with Crippen molar-refractivity contribution in [1.29, 1.82) is 0 Å². The van der Waals surface area contributed by atoms with Crippen LogP contribution in [0.15, 0.2) is 30.3 Å². The third kappa shape index (κ3) is 3.96. The normalized spacial score (nSPS) is 25.9. The van der Waals surface area contributed by atoms with E-state index in [1.54, 1.807) is 0 Å². The molecule has 0 amide bonds. The molecule has 1 aromatic carbocycles. The second kappa shape index (κ2) is 6.23. The first-order chi connectivity index (χ1) is 9.76. The summed E-state index contributed by atoms with van der Waals surface area (Å²) >= 11 is 0. The highest BCUT2D eigenvalue weighted by atomic mass is 28.4. The zero-order valence-corrected chi connectivity index (χ0v) is 15.5. The monoisotopic (exact) mass is 305 g/mol. The second-order valence-electron chi connectivity index (χ2n) is 7.77. The van der Waals surface area contributed by atoms with E-state index >= 15 is 0 Å². The molecule has 1 heterocycles. The maximum Gasteiger partial charge on any atom is 0.192 e. The van der Waals surface area contributed by atoms with Crippen LogP contribution in [0.25, 0.3) is 0 Å². The molecule has 0 N–H and O–H groups in total. The van der Waals surface area contributed by atoms with Crippen molar-refractivity contribution in [2.45, 2.75) is 70.9 Å². The van der Waals surface area contributed by atoms with Crippen LogP contribution in [0.2, 0.25) is 18.1 Å². The SMILES string of the molecule is CC[C@H]1[C@@H](CO[Si](C)(C)C(C)(C)C)N1Cc1ccccc1. The smallest absolute Gasteiger partial charge is 0.192 e. The fourth-order valence-electron chi connectivity index (χ4n) is 2.64. The zero-order chi connectivity index (χ0) is 15.7. The molecule has 1 aromatic rings. The lowest BCUT2D eigenvalue weighted by molar-refractivity contribution is 0.268. The zero-order valence-electron chi connectivity index (χ0n) is 14.5. The van der Waals surface area contributed by atoms with Crippen LogP contribution < -0.4 is 0 Å². The Morgan fingerprint density at radius 3 is 2.24 bits per heavy atom. The van der Waals surface area contributed by atoms with Crippen LogP contribution in [0, 0.1) is 0 Å². The van der Waals surface area contributed by atoms with Crippen molar-refractivity contribution in [3.8, 4) is 0 Å². The fourth-order valence-corrected chi connectivity index (χ4v) is 3.67. The van der Waals surface area contributed by atoms with Gasteiger partial charge in [0, 0.05) is 18.6 Å². The van der Waals surface area contributed by atoms with Gasteiger partial charge in [-0.25, -0.2) is 0 Å². The molecule has 3 atom stereocenters. The number of hydrogen-bond acceptors (Lipinski definition) is 2. The lowest BCUT2D eigenvalue weighted by Crippen LogP contribution is -2.42. The van der Waals surface area contributed by atoms with Crippen molar-refractivity contribution in [1.82, 2.24) is 4.90 Å². The summed E-state index contributed by atoms with van der Waals surface area (Å²) in [5.74, 6) is 0. The Hall–Kier alpha value is -0.643. The van der Waals surface area contributed by atoms with Gasteiger partial charge in [0.25, 0.3) is 0 Å². The summed E-state index contributed by atoms with van der Waals surface area (Å²) in [6, 6.07) is 12.1. The number of rotatable bonds is 6.